The lowest BCUT2D eigenvalue weighted by Crippen LogP contribution is -2.53. The summed E-state index contributed by atoms with van der Waals surface area (Å²) in [5.74, 6) is -0.768. The second-order valence-corrected chi connectivity index (χ2v) is 7.47. The quantitative estimate of drug-likeness (QED) is 0.854. The number of anilines is 2. The van der Waals surface area contributed by atoms with Crippen molar-refractivity contribution in [1.29, 1.82) is 0 Å². The number of ether oxygens (including phenoxy) is 1. The van der Waals surface area contributed by atoms with Crippen LogP contribution in [0.15, 0.2) is 36.4 Å². The first kappa shape index (κ1) is 19.2. The lowest BCUT2D eigenvalue weighted by molar-refractivity contribution is 0.0661. The van der Waals surface area contributed by atoms with Crippen LogP contribution < -0.4 is 15.0 Å². The largest absolute Gasteiger partial charge is 0.494 e. The highest BCUT2D eigenvalue weighted by Crippen LogP contribution is 2.34. The third-order valence-corrected chi connectivity index (χ3v) is 5.71. The number of halogens is 1. The van der Waals surface area contributed by atoms with E-state index in [9.17, 15) is 14.0 Å². The summed E-state index contributed by atoms with van der Waals surface area (Å²) in [5, 5.41) is 2.70. The minimum atomic E-state index is -0.547. The number of amides is 2. The van der Waals surface area contributed by atoms with Crippen LogP contribution in [0.1, 0.15) is 46.4 Å². The van der Waals surface area contributed by atoms with Gasteiger partial charge in [-0.25, -0.2) is 4.39 Å². The second-order valence-electron chi connectivity index (χ2n) is 7.47. The van der Waals surface area contributed by atoms with Gasteiger partial charge < -0.3 is 19.9 Å². The van der Waals surface area contributed by atoms with Gasteiger partial charge in [-0.2, -0.15) is 0 Å². The molecule has 1 fully saturated rings. The topological polar surface area (TPSA) is 61.9 Å². The van der Waals surface area contributed by atoms with Crippen LogP contribution in [0.25, 0.3) is 0 Å². The fourth-order valence-corrected chi connectivity index (χ4v) is 4.14. The Bertz CT molecular complexity index is 962. The van der Waals surface area contributed by atoms with Crippen molar-refractivity contribution in [2.45, 2.75) is 31.8 Å². The molecule has 0 radical (unpaired) electrons. The Morgan fingerprint density at radius 1 is 1.17 bits per heavy atom. The van der Waals surface area contributed by atoms with E-state index >= 15 is 0 Å². The van der Waals surface area contributed by atoms with Gasteiger partial charge in [0.1, 0.15) is 6.17 Å². The van der Waals surface area contributed by atoms with Gasteiger partial charge >= 0.3 is 0 Å². The summed E-state index contributed by atoms with van der Waals surface area (Å²) in [6.07, 6.45) is 4.16. The molecule has 2 heterocycles. The van der Waals surface area contributed by atoms with Crippen molar-refractivity contribution in [3.8, 4) is 5.75 Å². The normalized spacial score (nSPS) is 18.6. The standard InChI is InChI=1S/C22H24FN3O3/c1-25-18-12-14(21(27)24-15-8-10-19(29-2)17(23)13-15)7-9-16(18)22(28)26-11-5-3-4-6-20(25)26/h7-10,12-13,20H,3-6,11H2,1-2H3,(H,24,27)/t20-/m0/s1. The molecule has 0 aliphatic carbocycles. The highest BCUT2D eigenvalue weighted by Gasteiger charge is 2.36. The van der Waals surface area contributed by atoms with Gasteiger partial charge in [0.25, 0.3) is 11.8 Å². The van der Waals surface area contributed by atoms with Crippen molar-refractivity contribution >= 4 is 23.2 Å². The van der Waals surface area contributed by atoms with E-state index in [1.54, 1.807) is 24.3 Å². The number of fused-ring (bicyclic) bond motifs is 2. The summed E-state index contributed by atoms with van der Waals surface area (Å²) in [7, 11) is 3.35. The van der Waals surface area contributed by atoms with E-state index in [4.69, 9.17) is 4.74 Å². The number of carbonyl (C=O) groups is 2. The first-order valence-corrected chi connectivity index (χ1v) is 9.82. The zero-order valence-electron chi connectivity index (χ0n) is 16.6. The Morgan fingerprint density at radius 3 is 2.76 bits per heavy atom. The average molecular weight is 397 g/mol. The third kappa shape index (κ3) is 3.52. The summed E-state index contributed by atoms with van der Waals surface area (Å²) in [5.41, 5.74) is 2.12. The van der Waals surface area contributed by atoms with E-state index in [1.807, 2.05) is 11.9 Å². The SMILES string of the molecule is COc1ccc(NC(=O)c2ccc3c(c2)N(C)[C@@H]2CCCCCN2C3=O)cc1F. The molecule has 1 N–H and O–H groups in total. The molecule has 7 heteroatoms. The Kier molecular flexibility index (Phi) is 5.13. The van der Waals surface area contributed by atoms with Crippen molar-refractivity contribution in [1.82, 2.24) is 4.90 Å². The number of carbonyl (C=O) groups excluding carboxylic acids is 2. The fraction of sp³-hybridized carbons (Fsp3) is 0.364. The predicted octanol–water partition coefficient (Wildman–Crippen LogP) is 3.88. The Balaban J connectivity index is 1.60. The molecular weight excluding hydrogens is 373 g/mol. The van der Waals surface area contributed by atoms with Gasteiger partial charge in [0.05, 0.1) is 18.4 Å². The van der Waals surface area contributed by atoms with Gasteiger partial charge in [-0.1, -0.05) is 6.42 Å². The monoisotopic (exact) mass is 397 g/mol. The molecular formula is C22H24FN3O3. The Labute approximate surface area is 169 Å². The van der Waals surface area contributed by atoms with Crippen LogP contribution in [0.3, 0.4) is 0 Å². The highest BCUT2D eigenvalue weighted by atomic mass is 19.1. The molecule has 0 saturated carbocycles. The van der Waals surface area contributed by atoms with E-state index in [0.717, 1.165) is 37.9 Å². The van der Waals surface area contributed by atoms with Crippen molar-refractivity contribution in [2.75, 3.05) is 30.9 Å². The summed E-state index contributed by atoms with van der Waals surface area (Å²) >= 11 is 0. The number of rotatable bonds is 3. The van der Waals surface area contributed by atoms with Crippen molar-refractivity contribution in [3.63, 3.8) is 0 Å². The predicted molar refractivity (Wildman–Crippen MR) is 109 cm³/mol. The van der Waals surface area contributed by atoms with Crippen molar-refractivity contribution < 1.29 is 18.7 Å². The zero-order chi connectivity index (χ0) is 20.5. The van der Waals surface area contributed by atoms with Gasteiger partial charge in [-0.15, -0.1) is 0 Å². The van der Waals surface area contributed by atoms with E-state index in [2.05, 4.69) is 10.2 Å². The number of hydrogen-bond acceptors (Lipinski definition) is 4. The molecule has 1 atom stereocenters. The van der Waals surface area contributed by atoms with Crippen LogP contribution in [-0.2, 0) is 0 Å². The third-order valence-electron chi connectivity index (χ3n) is 5.71. The fourth-order valence-electron chi connectivity index (χ4n) is 4.14. The number of methoxy groups -OCH3 is 1. The lowest BCUT2D eigenvalue weighted by atomic mass is 10.0. The van der Waals surface area contributed by atoms with Crippen LogP contribution in [-0.4, -0.2) is 43.6 Å². The van der Waals surface area contributed by atoms with Gasteiger partial charge in [-0.05, 0) is 49.6 Å². The number of nitrogens with one attached hydrogen (secondary N) is 1. The van der Waals surface area contributed by atoms with Crippen LogP contribution in [0.2, 0.25) is 0 Å². The number of hydrogen-bond donors (Lipinski definition) is 1. The molecule has 0 bridgehead atoms. The first-order valence-electron chi connectivity index (χ1n) is 9.82. The smallest absolute Gasteiger partial charge is 0.257 e. The van der Waals surface area contributed by atoms with Crippen LogP contribution >= 0.6 is 0 Å². The maximum absolute atomic E-state index is 13.9. The molecule has 2 aliphatic rings. The molecule has 152 valence electrons. The van der Waals surface area contributed by atoms with Crippen molar-refractivity contribution in [2.24, 2.45) is 0 Å². The lowest BCUT2D eigenvalue weighted by Gasteiger charge is -2.43. The van der Waals surface area contributed by atoms with Gasteiger partial charge in [0, 0.05) is 30.9 Å². The minimum absolute atomic E-state index is 0.0199. The average Bonchev–Trinajstić information content (AvgIpc) is 2.98. The zero-order valence-corrected chi connectivity index (χ0v) is 16.6. The molecule has 2 aromatic rings. The number of benzene rings is 2. The molecule has 6 nitrogen and oxygen atoms in total. The molecule has 0 aromatic heterocycles. The van der Waals surface area contributed by atoms with E-state index in [-0.39, 0.29) is 23.7 Å². The van der Waals surface area contributed by atoms with E-state index in [1.165, 1.54) is 19.2 Å². The van der Waals surface area contributed by atoms with E-state index in [0.29, 0.717) is 16.8 Å². The van der Waals surface area contributed by atoms with Crippen molar-refractivity contribution in [3.05, 3.63) is 53.3 Å². The summed E-state index contributed by atoms with van der Waals surface area (Å²) in [6.45, 7) is 0.762. The van der Waals surface area contributed by atoms with Crippen LogP contribution in [0, 0.1) is 5.82 Å². The van der Waals surface area contributed by atoms with Gasteiger partial charge in [0.2, 0.25) is 0 Å². The van der Waals surface area contributed by atoms with Crippen LogP contribution in [0.5, 0.6) is 5.75 Å². The molecule has 4 rings (SSSR count). The van der Waals surface area contributed by atoms with E-state index < -0.39 is 5.82 Å². The highest BCUT2D eigenvalue weighted by molar-refractivity contribution is 6.08. The Morgan fingerprint density at radius 2 is 2.00 bits per heavy atom. The number of nitrogens with zero attached hydrogens (tertiary/aromatic N) is 2. The molecule has 29 heavy (non-hydrogen) atoms. The molecule has 2 aromatic carbocycles. The summed E-state index contributed by atoms with van der Waals surface area (Å²) in [4.78, 5) is 29.7. The molecule has 0 unspecified atom stereocenters. The van der Waals surface area contributed by atoms with Gasteiger partial charge in [0.15, 0.2) is 11.6 Å². The molecule has 2 amide bonds. The maximum Gasteiger partial charge on any atom is 0.257 e. The van der Waals surface area contributed by atoms with Crippen LogP contribution in [0.4, 0.5) is 15.8 Å². The Hall–Kier alpha value is -3.09. The molecule has 0 spiro atoms. The van der Waals surface area contributed by atoms with Gasteiger partial charge in [-0.3, -0.25) is 9.59 Å². The molecule has 2 aliphatic heterocycles. The first-order chi connectivity index (χ1) is 14.0. The minimum Gasteiger partial charge on any atom is -0.494 e. The summed E-state index contributed by atoms with van der Waals surface area (Å²) in [6, 6.07) is 9.35. The summed E-state index contributed by atoms with van der Waals surface area (Å²) < 4.78 is 18.8. The maximum atomic E-state index is 13.9. The molecule has 1 saturated heterocycles. The second kappa shape index (κ2) is 7.73.